The van der Waals surface area contributed by atoms with Crippen LogP contribution in [0.3, 0.4) is 0 Å². The van der Waals surface area contributed by atoms with Gasteiger partial charge in [0.25, 0.3) is 15.6 Å². The molecule has 21 heavy (non-hydrogen) atoms. The van der Waals surface area contributed by atoms with Gasteiger partial charge in [-0.3, -0.25) is 13.7 Å². The highest BCUT2D eigenvalue weighted by molar-refractivity contribution is 7.92. The lowest BCUT2D eigenvalue weighted by atomic mass is 10.3. The van der Waals surface area contributed by atoms with Crippen LogP contribution >= 0.6 is 0 Å². The Hall–Kier alpha value is -2.35. The number of aromatic nitrogens is 2. The second kappa shape index (κ2) is 5.21. The first kappa shape index (κ1) is 15.0. The Bertz CT molecular complexity index is 882. The maximum atomic E-state index is 12.6. The summed E-state index contributed by atoms with van der Waals surface area (Å²) in [7, 11) is -0.0534. The van der Waals surface area contributed by atoms with E-state index in [2.05, 4.69) is 0 Å². The van der Waals surface area contributed by atoms with E-state index in [1.807, 2.05) is 0 Å². The molecule has 0 aliphatic carbocycles. The first-order chi connectivity index (χ1) is 9.76. The van der Waals surface area contributed by atoms with Gasteiger partial charge < -0.3 is 4.57 Å². The Kier molecular flexibility index (Phi) is 3.73. The van der Waals surface area contributed by atoms with Crippen molar-refractivity contribution in [1.29, 1.82) is 0 Å². The Labute approximate surface area is 121 Å². The smallest absolute Gasteiger partial charge is 0.302 e. The van der Waals surface area contributed by atoms with Crippen molar-refractivity contribution in [3.8, 4) is 0 Å². The second-order valence-corrected chi connectivity index (χ2v) is 6.50. The van der Waals surface area contributed by atoms with Crippen LogP contribution in [0.2, 0.25) is 0 Å². The lowest BCUT2D eigenvalue weighted by Gasteiger charge is -2.19. The summed E-state index contributed by atoms with van der Waals surface area (Å²) in [5, 5.41) is 0. The van der Waals surface area contributed by atoms with Crippen LogP contribution in [0.1, 0.15) is 0 Å². The van der Waals surface area contributed by atoms with Gasteiger partial charge in [-0.25, -0.2) is 13.2 Å². The number of rotatable bonds is 3. The molecule has 0 radical (unpaired) electrons. The first-order valence-corrected chi connectivity index (χ1v) is 7.51. The van der Waals surface area contributed by atoms with Gasteiger partial charge in [-0.2, -0.15) is 0 Å². The van der Waals surface area contributed by atoms with Gasteiger partial charge >= 0.3 is 5.69 Å². The molecule has 1 aromatic carbocycles. The molecule has 0 spiro atoms. The summed E-state index contributed by atoms with van der Waals surface area (Å²) in [5.74, 6) is 0. The zero-order valence-electron chi connectivity index (χ0n) is 11.8. The average Bonchev–Trinajstić information content (AvgIpc) is 2.48. The maximum absolute atomic E-state index is 12.6. The van der Waals surface area contributed by atoms with Crippen LogP contribution in [0.15, 0.2) is 51.0 Å². The summed E-state index contributed by atoms with van der Waals surface area (Å²) < 4.78 is 28.0. The number of hydrogen-bond acceptors (Lipinski definition) is 4. The van der Waals surface area contributed by atoms with Gasteiger partial charge in [0.2, 0.25) is 0 Å². The molecule has 0 aliphatic heterocycles. The number of aryl methyl sites for hydroxylation is 1. The summed E-state index contributed by atoms with van der Waals surface area (Å²) in [4.78, 5) is 23.2. The molecule has 2 rings (SSSR count). The van der Waals surface area contributed by atoms with Crippen molar-refractivity contribution in [2.24, 2.45) is 14.1 Å². The van der Waals surface area contributed by atoms with E-state index in [1.165, 1.54) is 21.1 Å². The summed E-state index contributed by atoms with van der Waals surface area (Å²) in [6, 6.07) is 8.38. The van der Waals surface area contributed by atoms with Gasteiger partial charge in [-0.05, 0) is 12.1 Å². The molecule has 0 bridgehead atoms. The number of nitrogens with zero attached hydrogens (tertiary/aromatic N) is 3. The van der Waals surface area contributed by atoms with Crippen molar-refractivity contribution in [3.63, 3.8) is 0 Å². The molecule has 0 fully saturated rings. The summed E-state index contributed by atoms with van der Waals surface area (Å²) >= 11 is 0. The topological polar surface area (TPSA) is 81.4 Å². The third-order valence-electron chi connectivity index (χ3n) is 3.17. The molecule has 0 unspecified atom stereocenters. The first-order valence-electron chi connectivity index (χ1n) is 6.07. The fraction of sp³-hybridized carbons (Fsp3) is 0.231. The highest BCUT2D eigenvalue weighted by Crippen LogP contribution is 2.18. The van der Waals surface area contributed by atoms with Gasteiger partial charge in [0, 0.05) is 27.3 Å². The fourth-order valence-corrected chi connectivity index (χ4v) is 3.22. The molecule has 112 valence electrons. The molecular formula is C13H15N3O4S. The van der Waals surface area contributed by atoms with Gasteiger partial charge in [0.1, 0.15) is 0 Å². The van der Waals surface area contributed by atoms with E-state index < -0.39 is 26.2 Å². The van der Waals surface area contributed by atoms with E-state index in [0.717, 1.165) is 19.6 Å². The Morgan fingerprint density at radius 3 is 2.19 bits per heavy atom. The molecule has 1 heterocycles. The van der Waals surface area contributed by atoms with Crippen LogP contribution in [0, 0.1) is 0 Å². The van der Waals surface area contributed by atoms with Gasteiger partial charge in [0.05, 0.1) is 5.69 Å². The third kappa shape index (κ3) is 2.49. The molecule has 0 N–H and O–H groups in total. The largest absolute Gasteiger partial charge is 0.330 e. The Balaban J connectivity index is 2.66. The average molecular weight is 309 g/mol. The minimum absolute atomic E-state index is 0.424. The van der Waals surface area contributed by atoms with Crippen LogP contribution in [-0.4, -0.2) is 24.6 Å². The summed E-state index contributed by atoms with van der Waals surface area (Å²) in [5.41, 5.74) is -1.00. The monoisotopic (exact) mass is 309 g/mol. The second-order valence-electron chi connectivity index (χ2n) is 4.56. The van der Waals surface area contributed by atoms with Crippen LogP contribution in [-0.2, 0) is 24.1 Å². The van der Waals surface area contributed by atoms with Crippen molar-refractivity contribution < 1.29 is 8.42 Å². The zero-order valence-corrected chi connectivity index (χ0v) is 12.7. The molecule has 8 heteroatoms. The molecule has 0 saturated heterocycles. The predicted octanol–water partition coefficient (Wildman–Crippen LogP) is -0.0909. The molecule has 7 nitrogen and oxygen atoms in total. The molecule has 0 aliphatic rings. The Morgan fingerprint density at radius 1 is 1.05 bits per heavy atom. The highest BCUT2D eigenvalue weighted by atomic mass is 32.2. The number of sulfonamides is 1. The van der Waals surface area contributed by atoms with Crippen LogP contribution in [0.5, 0.6) is 0 Å². The van der Waals surface area contributed by atoms with Crippen molar-refractivity contribution in [1.82, 2.24) is 9.13 Å². The highest BCUT2D eigenvalue weighted by Gasteiger charge is 2.26. The normalized spacial score (nSPS) is 11.4. The minimum Gasteiger partial charge on any atom is -0.302 e. The molecule has 1 aromatic heterocycles. The predicted molar refractivity (Wildman–Crippen MR) is 79.0 cm³/mol. The van der Waals surface area contributed by atoms with Gasteiger partial charge in [-0.1, -0.05) is 18.2 Å². The SMILES string of the molecule is CN(c1ccccc1)S(=O)(=O)c1cn(C)c(=O)n(C)c1=O. The van der Waals surface area contributed by atoms with E-state index in [1.54, 1.807) is 30.3 Å². The Morgan fingerprint density at radius 2 is 1.62 bits per heavy atom. The van der Waals surface area contributed by atoms with Crippen molar-refractivity contribution in [2.45, 2.75) is 4.90 Å². The van der Waals surface area contributed by atoms with E-state index in [-0.39, 0.29) is 0 Å². The van der Waals surface area contributed by atoms with Gasteiger partial charge in [0.15, 0.2) is 4.90 Å². The quantitative estimate of drug-likeness (QED) is 0.793. The van der Waals surface area contributed by atoms with E-state index in [4.69, 9.17) is 0 Å². The molecule has 2 aromatic rings. The van der Waals surface area contributed by atoms with Crippen LogP contribution in [0.25, 0.3) is 0 Å². The van der Waals surface area contributed by atoms with Gasteiger partial charge in [-0.15, -0.1) is 0 Å². The number of benzene rings is 1. The van der Waals surface area contributed by atoms with Crippen LogP contribution < -0.4 is 15.6 Å². The molecule has 0 saturated carbocycles. The van der Waals surface area contributed by atoms with Crippen molar-refractivity contribution >= 4 is 15.7 Å². The standard InChI is InChI=1S/C13H15N3O4S/c1-14-9-11(12(17)15(2)13(14)18)21(19,20)16(3)10-7-5-4-6-8-10/h4-9H,1-3H3. The summed E-state index contributed by atoms with van der Waals surface area (Å²) in [6.07, 6.45) is 1.04. The van der Waals surface area contributed by atoms with Crippen molar-refractivity contribution in [3.05, 3.63) is 57.4 Å². The van der Waals surface area contributed by atoms with Crippen LogP contribution in [0.4, 0.5) is 5.69 Å². The third-order valence-corrected chi connectivity index (χ3v) is 4.94. The van der Waals surface area contributed by atoms with E-state index in [9.17, 15) is 18.0 Å². The number of para-hydroxylation sites is 1. The zero-order chi connectivity index (χ0) is 15.8. The van der Waals surface area contributed by atoms with Crippen molar-refractivity contribution in [2.75, 3.05) is 11.4 Å². The molecule has 0 atom stereocenters. The van der Waals surface area contributed by atoms with E-state index in [0.29, 0.717) is 5.69 Å². The molecular weight excluding hydrogens is 294 g/mol. The maximum Gasteiger partial charge on any atom is 0.330 e. The number of anilines is 1. The summed E-state index contributed by atoms with van der Waals surface area (Å²) in [6.45, 7) is 0. The van der Waals surface area contributed by atoms with E-state index >= 15 is 0 Å². The fourth-order valence-electron chi connectivity index (χ4n) is 1.88. The number of hydrogen-bond donors (Lipinski definition) is 0. The lowest BCUT2D eigenvalue weighted by Crippen LogP contribution is -2.41. The lowest BCUT2D eigenvalue weighted by molar-refractivity contribution is 0.583. The minimum atomic E-state index is -4.04. The molecule has 0 amide bonds.